The third-order valence-corrected chi connectivity index (χ3v) is 9.03. The molecule has 0 aromatic carbocycles. The maximum atomic E-state index is 14.4. The Balaban J connectivity index is 1.35. The highest BCUT2D eigenvalue weighted by Crippen LogP contribution is 2.51. The number of carbonyl (C=O) groups is 2. The Morgan fingerprint density at radius 2 is 2.10 bits per heavy atom. The molecule has 0 bridgehead atoms. The minimum atomic E-state index is -4.51. The first-order valence-corrected chi connectivity index (χ1v) is 14.3. The van der Waals surface area contributed by atoms with Crippen LogP contribution >= 0.6 is 0 Å². The number of nitrogens with zero attached hydrogens (tertiary/aromatic N) is 4. The Kier molecular flexibility index (Phi) is 8.79. The van der Waals surface area contributed by atoms with Gasteiger partial charge in [-0.05, 0) is 50.9 Å². The minimum absolute atomic E-state index is 0.0344. The third kappa shape index (κ3) is 6.32. The number of fused-ring (bicyclic) bond motifs is 2. The van der Waals surface area contributed by atoms with E-state index in [-0.39, 0.29) is 49.7 Å². The molecule has 10 nitrogen and oxygen atoms in total. The largest absolute Gasteiger partial charge is 0.448 e. The van der Waals surface area contributed by atoms with E-state index >= 15 is 0 Å². The number of hydrogen-bond donors (Lipinski definition) is 1. The zero-order valence-corrected chi connectivity index (χ0v) is 23.9. The quantitative estimate of drug-likeness (QED) is 0.522. The minimum Gasteiger partial charge on any atom is -0.448 e. The molecule has 228 valence electrons. The maximum Gasteiger partial charge on any atom is 0.417 e. The fourth-order valence-electron chi connectivity index (χ4n) is 6.88. The first kappa shape index (κ1) is 30.0. The van der Waals surface area contributed by atoms with E-state index in [0.29, 0.717) is 63.4 Å². The monoisotopic (exact) mass is 583 g/mol. The van der Waals surface area contributed by atoms with Gasteiger partial charge in [0.05, 0.1) is 23.7 Å². The predicted molar refractivity (Wildman–Crippen MR) is 142 cm³/mol. The second kappa shape index (κ2) is 12.0. The molecular weight excluding hydrogens is 543 g/mol. The van der Waals surface area contributed by atoms with Gasteiger partial charge in [0.2, 0.25) is 5.91 Å². The molecule has 4 aliphatic rings. The summed E-state index contributed by atoms with van der Waals surface area (Å²) in [7, 11) is 5.45. The van der Waals surface area contributed by atoms with Crippen molar-refractivity contribution in [1.82, 2.24) is 25.0 Å². The van der Waals surface area contributed by atoms with Gasteiger partial charge in [-0.1, -0.05) is 0 Å². The number of amides is 2. The number of pyridine rings is 1. The van der Waals surface area contributed by atoms with Gasteiger partial charge < -0.3 is 34.2 Å². The number of halogens is 3. The number of carbonyl (C=O) groups excluding carboxylic acids is 2. The van der Waals surface area contributed by atoms with Crippen molar-refractivity contribution in [3.63, 3.8) is 0 Å². The molecule has 4 heterocycles. The fourth-order valence-corrected chi connectivity index (χ4v) is 6.88. The summed E-state index contributed by atoms with van der Waals surface area (Å²) in [6.07, 6.45) is -1.78. The Morgan fingerprint density at radius 3 is 2.83 bits per heavy atom. The summed E-state index contributed by atoms with van der Waals surface area (Å²) in [4.78, 5) is 36.6. The van der Waals surface area contributed by atoms with Gasteiger partial charge in [-0.15, -0.1) is 0 Å². The number of likely N-dealkylation sites (tertiary alicyclic amines) is 1. The number of alkyl halides is 3. The SMILES string of the molecule is COC1COCCC1N[C@@H]1C[C@H]2CN(C(=O)OCCN(C)C)C[C@@]2(C(=O)N2CCc3ncc(C(F)(F)F)cc3C2)C1. The van der Waals surface area contributed by atoms with Crippen LogP contribution in [-0.2, 0) is 38.1 Å². The van der Waals surface area contributed by atoms with Gasteiger partial charge in [-0.3, -0.25) is 9.78 Å². The van der Waals surface area contributed by atoms with E-state index in [1.165, 1.54) is 0 Å². The molecule has 13 heteroatoms. The summed E-state index contributed by atoms with van der Waals surface area (Å²) in [6.45, 7) is 3.03. The van der Waals surface area contributed by atoms with Gasteiger partial charge in [0.1, 0.15) is 6.61 Å². The third-order valence-electron chi connectivity index (χ3n) is 9.03. The zero-order valence-electron chi connectivity index (χ0n) is 23.9. The van der Waals surface area contributed by atoms with Crippen molar-refractivity contribution in [2.45, 2.75) is 56.6 Å². The van der Waals surface area contributed by atoms with Crippen molar-refractivity contribution in [1.29, 1.82) is 0 Å². The van der Waals surface area contributed by atoms with Crippen LogP contribution in [0.1, 0.15) is 36.1 Å². The first-order chi connectivity index (χ1) is 19.5. The summed E-state index contributed by atoms with van der Waals surface area (Å²) in [5, 5.41) is 3.71. The normalized spacial score (nSPS) is 29.9. The molecule has 5 rings (SSSR count). The molecule has 1 N–H and O–H groups in total. The average Bonchev–Trinajstić information content (AvgIpc) is 3.46. The first-order valence-electron chi connectivity index (χ1n) is 14.3. The standard InChI is InChI=1S/C28H40F3N5O5/c1-34(2)7-9-41-26(38)36-15-20-11-21(33-23-5-8-40-16-24(23)39-3)12-27(20,17-36)25(37)35-6-4-22-18(14-35)10-19(13-32-22)28(29,30)31/h10,13,20-21,23-24,33H,4-9,11-12,14-17H2,1-3H3/t20-,21+,23?,24?,27-/m0/s1. The van der Waals surface area contributed by atoms with Crippen molar-refractivity contribution in [3.8, 4) is 0 Å². The Hall–Kier alpha value is -2.48. The highest BCUT2D eigenvalue weighted by molar-refractivity contribution is 5.86. The van der Waals surface area contributed by atoms with Crippen LogP contribution in [0.5, 0.6) is 0 Å². The molecule has 41 heavy (non-hydrogen) atoms. The number of nitrogens with one attached hydrogen (secondary N) is 1. The maximum absolute atomic E-state index is 14.4. The molecule has 1 aromatic rings. The number of aromatic nitrogens is 1. The van der Waals surface area contributed by atoms with Crippen LogP contribution in [0.4, 0.5) is 18.0 Å². The highest BCUT2D eigenvalue weighted by Gasteiger charge is 2.60. The van der Waals surface area contributed by atoms with Crippen molar-refractivity contribution < 1.29 is 37.0 Å². The van der Waals surface area contributed by atoms with Gasteiger partial charge in [0.15, 0.2) is 0 Å². The van der Waals surface area contributed by atoms with Gasteiger partial charge in [-0.2, -0.15) is 13.2 Å². The zero-order chi connectivity index (χ0) is 29.4. The molecular formula is C28H40F3N5O5. The van der Waals surface area contributed by atoms with Crippen molar-refractivity contribution in [2.24, 2.45) is 11.3 Å². The van der Waals surface area contributed by atoms with Crippen molar-refractivity contribution in [3.05, 3.63) is 29.1 Å². The Labute approximate surface area is 238 Å². The molecule has 2 saturated heterocycles. The average molecular weight is 584 g/mol. The summed E-state index contributed by atoms with van der Waals surface area (Å²) < 4.78 is 56.8. The lowest BCUT2D eigenvalue weighted by Crippen LogP contribution is -2.52. The van der Waals surface area contributed by atoms with E-state index in [1.54, 1.807) is 16.9 Å². The van der Waals surface area contributed by atoms with Crippen LogP contribution in [-0.4, -0.2) is 117 Å². The smallest absolute Gasteiger partial charge is 0.417 e. The number of hydrogen-bond acceptors (Lipinski definition) is 8. The molecule has 0 radical (unpaired) electrons. The molecule has 5 atom stereocenters. The molecule has 1 aromatic heterocycles. The molecule has 2 unspecified atom stereocenters. The van der Waals surface area contributed by atoms with Gasteiger partial charge >= 0.3 is 12.3 Å². The predicted octanol–water partition coefficient (Wildman–Crippen LogP) is 2.16. The second-order valence-electron chi connectivity index (χ2n) is 12.0. The number of ether oxygens (including phenoxy) is 3. The van der Waals surface area contributed by atoms with Crippen LogP contribution in [0.25, 0.3) is 0 Å². The van der Waals surface area contributed by atoms with Crippen molar-refractivity contribution in [2.75, 3.05) is 67.2 Å². The summed E-state index contributed by atoms with van der Waals surface area (Å²) in [5.74, 6) is -0.218. The molecule has 1 aliphatic carbocycles. The van der Waals surface area contributed by atoms with Gasteiger partial charge in [0.25, 0.3) is 0 Å². The number of likely N-dealkylation sites (N-methyl/N-ethyl adjacent to an activating group) is 1. The van der Waals surface area contributed by atoms with E-state index in [2.05, 4.69) is 10.3 Å². The van der Waals surface area contributed by atoms with Crippen molar-refractivity contribution >= 4 is 12.0 Å². The summed E-state index contributed by atoms with van der Waals surface area (Å²) in [6, 6.07) is 1.23. The van der Waals surface area contributed by atoms with E-state index < -0.39 is 23.2 Å². The van der Waals surface area contributed by atoms with E-state index in [0.717, 1.165) is 18.7 Å². The van der Waals surface area contributed by atoms with E-state index in [9.17, 15) is 22.8 Å². The number of methoxy groups -OCH3 is 1. The highest BCUT2D eigenvalue weighted by atomic mass is 19.4. The topological polar surface area (TPSA) is 96.5 Å². The van der Waals surface area contributed by atoms with E-state index in [1.807, 2.05) is 19.0 Å². The molecule has 2 amide bonds. The van der Waals surface area contributed by atoms with Crippen LogP contribution in [0.15, 0.2) is 12.3 Å². The van der Waals surface area contributed by atoms with Crippen LogP contribution in [0, 0.1) is 11.3 Å². The number of rotatable bonds is 7. The summed E-state index contributed by atoms with van der Waals surface area (Å²) in [5.41, 5.74) is -0.658. The van der Waals surface area contributed by atoms with Crippen LogP contribution < -0.4 is 5.32 Å². The lowest BCUT2D eigenvalue weighted by Gasteiger charge is -2.37. The Morgan fingerprint density at radius 1 is 1.29 bits per heavy atom. The molecule has 3 aliphatic heterocycles. The summed E-state index contributed by atoms with van der Waals surface area (Å²) >= 11 is 0. The lowest BCUT2D eigenvalue weighted by atomic mass is 9.78. The molecule has 3 fully saturated rings. The van der Waals surface area contributed by atoms with Gasteiger partial charge in [-0.25, -0.2) is 4.79 Å². The van der Waals surface area contributed by atoms with Gasteiger partial charge in [0, 0.05) is 76.8 Å². The second-order valence-corrected chi connectivity index (χ2v) is 12.0. The van der Waals surface area contributed by atoms with Crippen LogP contribution in [0.2, 0.25) is 0 Å². The fraction of sp³-hybridized carbons (Fsp3) is 0.750. The molecule has 0 spiro atoms. The Bertz CT molecular complexity index is 1120. The molecule has 1 saturated carbocycles. The van der Waals surface area contributed by atoms with E-state index in [4.69, 9.17) is 14.2 Å². The lowest BCUT2D eigenvalue weighted by molar-refractivity contribution is -0.143. The van der Waals surface area contributed by atoms with Crippen LogP contribution in [0.3, 0.4) is 0 Å².